The maximum Gasteiger partial charge on any atom is 0.419 e. The molecule has 0 amide bonds. The second kappa shape index (κ2) is 6.67. The van der Waals surface area contributed by atoms with Gasteiger partial charge in [-0.25, -0.2) is 4.39 Å². The Morgan fingerprint density at radius 2 is 1.71 bits per heavy atom. The average molecular weight is 298 g/mol. The fourth-order valence-corrected chi connectivity index (χ4v) is 1.91. The van der Waals surface area contributed by atoms with Crippen molar-refractivity contribution in [3.8, 4) is 0 Å². The third-order valence-corrected chi connectivity index (χ3v) is 3.01. The zero-order valence-electron chi connectivity index (χ0n) is 11.1. The minimum absolute atomic E-state index is 0.258. The number of pyridine rings is 1. The van der Waals surface area contributed by atoms with E-state index in [4.69, 9.17) is 0 Å². The minimum Gasteiger partial charge on any atom is -0.312 e. The van der Waals surface area contributed by atoms with Crippen molar-refractivity contribution in [2.75, 3.05) is 6.54 Å². The van der Waals surface area contributed by atoms with E-state index in [0.717, 1.165) is 24.1 Å². The van der Waals surface area contributed by atoms with Gasteiger partial charge in [0.05, 0.1) is 5.56 Å². The monoisotopic (exact) mass is 298 g/mol. The fraction of sp³-hybridized carbons (Fsp3) is 0.267. The van der Waals surface area contributed by atoms with Crippen LogP contribution in [0.3, 0.4) is 0 Å². The summed E-state index contributed by atoms with van der Waals surface area (Å²) in [5, 5.41) is 3.04. The maximum absolute atomic E-state index is 13.1. The van der Waals surface area contributed by atoms with Crippen LogP contribution in [-0.4, -0.2) is 11.5 Å². The van der Waals surface area contributed by atoms with Gasteiger partial charge in [0.25, 0.3) is 0 Å². The van der Waals surface area contributed by atoms with Crippen LogP contribution in [0.4, 0.5) is 17.6 Å². The first kappa shape index (κ1) is 15.4. The third-order valence-electron chi connectivity index (χ3n) is 3.01. The van der Waals surface area contributed by atoms with Gasteiger partial charge in [0, 0.05) is 18.9 Å². The van der Waals surface area contributed by atoms with Gasteiger partial charge in [-0.05, 0) is 48.4 Å². The summed E-state index contributed by atoms with van der Waals surface area (Å²) in [5.41, 5.74) is 0.266. The molecule has 0 radical (unpaired) electrons. The van der Waals surface area contributed by atoms with Gasteiger partial charge in [0.15, 0.2) is 0 Å². The normalized spacial score (nSPS) is 11.6. The lowest BCUT2D eigenvalue weighted by molar-refractivity contribution is -0.140. The van der Waals surface area contributed by atoms with E-state index in [-0.39, 0.29) is 6.54 Å². The summed E-state index contributed by atoms with van der Waals surface area (Å²) in [7, 11) is 0. The van der Waals surface area contributed by atoms with Crippen molar-refractivity contribution in [2.45, 2.75) is 19.1 Å². The van der Waals surface area contributed by atoms with Crippen LogP contribution in [0.5, 0.6) is 0 Å². The van der Waals surface area contributed by atoms with Crippen LogP contribution >= 0.6 is 0 Å². The van der Waals surface area contributed by atoms with Gasteiger partial charge in [0.1, 0.15) is 5.82 Å². The number of nitrogens with zero attached hydrogens (tertiary/aromatic N) is 1. The molecule has 0 spiro atoms. The van der Waals surface area contributed by atoms with Crippen LogP contribution in [0.15, 0.2) is 42.7 Å². The van der Waals surface area contributed by atoms with Crippen LogP contribution < -0.4 is 5.32 Å². The predicted molar refractivity (Wildman–Crippen MR) is 71.0 cm³/mol. The average Bonchev–Trinajstić information content (AvgIpc) is 2.45. The van der Waals surface area contributed by atoms with Crippen molar-refractivity contribution in [3.05, 3.63) is 65.2 Å². The van der Waals surface area contributed by atoms with E-state index >= 15 is 0 Å². The third kappa shape index (κ3) is 4.53. The maximum atomic E-state index is 13.1. The number of alkyl halides is 3. The van der Waals surface area contributed by atoms with Crippen molar-refractivity contribution in [2.24, 2.45) is 0 Å². The SMILES string of the molecule is Fc1ccc(CNCCc2ccncc2)cc1C(F)(F)F. The van der Waals surface area contributed by atoms with E-state index < -0.39 is 17.6 Å². The highest BCUT2D eigenvalue weighted by molar-refractivity contribution is 5.27. The topological polar surface area (TPSA) is 24.9 Å². The lowest BCUT2D eigenvalue weighted by Gasteiger charge is -2.10. The van der Waals surface area contributed by atoms with Gasteiger partial charge in [-0.15, -0.1) is 0 Å². The van der Waals surface area contributed by atoms with Crippen LogP contribution in [0.1, 0.15) is 16.7 Å². The molecule has 0 aliphatic rings. The summed E-state index contributed by atoms with van der Waals surface area (Å²) < 4.78 is 50.8. The molecule has 0 atom stereocenters. The van der Waals surface area contributed by atoms with Crippen LogP contribution in [0.25, 0.3) is 0 Å². The lowest BCUT2D eigenvalue weighted by atomic mass is 10.1. The fourth-order valence-electron chi connectivity index (χ4n) is 1.91. The number of halogens is 4. The molecule has 21 heavy (non-hydrogen) atoms. The first-order valence-corrected chi connectivity index (χ1v) is 6.42. The Hall–Kier alpha value is -1.95. The van der Waals surface area contributed by atoms with Gasteiger partial charge >= 0.3 is 6.18 Å². The molecule has 1 aromatic carbocycles. The molecule has 0 saturated heterocycles. The standard InChI is InChI=1S/C15H14F4N2/c16-14-2-1-12(9-13(14)15(17,18)19)10-21-8-5-11-3-6-20-7-4-11/h1-4,6-7,9,21H,5,8,10H2. The number of hydrogen-bond acceptors (Lipinski definition) is 2. The number of benzene rings is 1. The predicted octanol–water partition coefficient (Wildman–Crippen LogP) is 3.57. The van der Waals surface area contributed by atoms with Gasteiger partial charge in [-0.1, -0.05) is 6.07 Å². The molecule has 0 fully saturated rings. The van der Waals surface area contributed by atoms with E-state index in [9.17, 15) is 17.6 Å². The van der Waals surface area contributed by atoms with E-state index in [0.29, 0.717) is 12.1 Å². The molecule has 2 nitrogen and oxygen atoms in total. The molecule has 1 aromatic heterocycles. The molecule has 1 heterocycles. The molecule has 1 N–H and O–H groups in total. The summed E-state index contributed by atoms with van der Waals surface area (Å²) >= 11 is 0. The Morgan fingerprint density at radius 3 is 2.38 bits per heavy atom. The number of nitrogens with one attached hydrogen (secondary N) is 1. The second-order valence-electron chi connectivity index (χ2n) is 4.59. The molecule has 2 rings (SSSR count). The molecule has 112 valence electrons. The van der Waals surface area contributed by atoms with Crippen molar-refractivity contribution < 1.29 is 17.6 Å². The minimum atomic E-state index is -4.67. The van der Waals surface area contributed by atoms with E-state index in [1.165, 1.54) is 6.07 Å². The highest BCUT2D eigenvalue weighted by atomic mass is 19.4. The van der Waals surface area contributed by atoms with E-state index in [1.54, 1.807) is 12.4 Å². The Kier molecular flexibility index (Phi) is 4.90. The Balaban J connectivity index is 1.89. The van der Waals surface area contributed by atoms with Gasteiger partial charge in [-0.3, -0.25) is 4.98 Å². The van der Waals surface area contributed by atoms with Crippen molar-refractivity contribution >= 4 is 0 Å². The molecular formula is C15H14F4N2. The second-order valence-corrected chi connectivity index (χ2v) is 4.59. The molecule has 6 heteroatoms. The van der Waals surface area contributed by atoms with E-state index in [2.05, 4.69) is 10.3 Å². The van der Waals surface area contributed by atoms with E-state index in [1.807, 2.05) is 12.1 Å². The molecule has 0 bridgehead atoms. The molecule has 0 saturated carbocycles. The molecule has 0 unspecified atom stereocenters. The summed E-state index contributed by atoms with van der Waals surface area (Å²) in [6.07, 6.45) is -0.553. The highest BCUT2D eigenvalue weighted by Crippen LogP contribution is 2.31. The zero-order chi connectivity index (χ0) is 15.3. The van der Waals surface area contributed by atoms with Gasteiger partial charge in [-0.2, -0.15) is 13.2 Å². The van der Waals surface area contributed by atoms with Crippen LogP contribution in [0.2, 0.25) is 0 Å². The number of aromatic nitrogens is 1. The Bertz CT molecular complexity index is 582. The number of hydrogen-bond donors (Lipinski definition) is 1. The summed E-state index contributed by atoms with van der Waals surface area (Å²) in [4.78, 5) is 3.90. The molecule has 0 aliphatic heterocycles. The Labute approximate surface area is 119 Å². The molecular weight excluding hydrogens is 284 g/mol. The Morgan fingerprint density at radius 1 is 1.00 bits per heavy atom. The lowest BCUT2D eigenvalue weighted by Crippen LogP contribution is -2.17. The van der Waals surface area contributed by atoms with Crippen molar-refractivity contribution in [1.82, 2.24) is 10.3 Å². The largest absolute Gasteiger partial charge is 0.419 e. The first-order chi connectivity index (χ1) is 9.97. The summed E-state index contributed by atoms with van der Waals surface area (Å²) in [6.45, 7) is 0.872. The number of rotatable bonds is 5. The first-order valence-electron chi connectivity index (χ1n) is 6.42. The highest BCUT2D eigenvalue weighted by Gasteiger charge is 2.34. The molecule has 2 aromatic rings. The van der Waals surface area contributed by atoms with Gasteiger partial charge in [0.2, 0.25) is 0 Å². The summed E-state index contributed by atoms with van der Waals surface area (Å²) in [5.74, 6) is -1.25. The van der Waals surface area contributed by atoms with Crippen molar-refractivity contribution in [1.29, 1.82) is 0 Å². The summed E-state index contributed by atoms with van der Waals surface area (Å²) in [6, 6.07) is 6.80. The van der Waals surface area contributed by atoms with Crippen LogP contribution in [0, 0.1) is 5.82 Å². The zero-order valence-corrected chi connectivity index (χ0v) is 11.1. The van der Waals surface area contributed by atoms with Crippen molar-refractivity contribution in [3.63, 3.8) is 0 Å². The smallest absolute Gasteiger partial charge is 0.312 e. The van der Waals surface area contributed by atoms with Gasteiger partial charge < -0.3 is 5.32 Å². The quantitative estimate of drug-likeness (QED) is 0.674. The molecule has 0 aliphatic carbocycles. The van der Waals surface area contributed by atoms with Crippen LogP contribution in [-0.2, 0) is 19.1 Å².